The van der Waals surface area contributed by atoms with Crippen molar-refractivity contribution in [3.05, 3.63) is 18.1 Å². The van der Waals surface area contributed by atoms with Crippen LogP contribution >= 0.6 is 0 Å². The molecule has 0 aliphatic carbocycles. The van der Waals surface area contributed by atoms with Gasteiger partial charge in [-0.05, 0) is 12.3 Å². The third-order valence-corrected chi connectivity index (χ3v) is 3.89. The van der Waals surface area contributed by atoms with E-state index in [-0.39, 0.29) is 24.7 Å². The maximum atomic E-state index is 12.3. The molecule has 12 heteroatoms. The summed E-state index contributed by atoms with van der Waals surface area (Å²) in [4.78, 5) is 7.49. The number of alkyl halides is 6. The monoisotopic (exact) mass is 404 g/mol. The second kappa shape index (κ2) is 9.02. The Balaban J connectivity index is 0.000000289. The minimum absolute atomic E-state index is 0.132. The number of anilines is 1. The van der Waals surface area contributed by atoms with E-state index in [0.717, 1.165) is 6.20 Å². The number of likely N-dealkylation sites (tertiary alicyclic amines) is 1. The Morgan fingerprint density at radius 2 is 1.78 bits per heavy atom. The Hall–Kier alpha value is -1.66. The van der Waals surface area contributed by atoms with E-state index in [9.17, 15) is 36.6 Å². The number of hydrogen-bond donors (Lipinski definition) is 3. The summed E-state index contributed by atoms with van der Waals surface area (Å²) in [6.07, 6.45) is -8.91. The van der Waals surface area contributed by atoms with Crippen molar-refractivity contribution in [2.45, 2.75) is 50.9 Å². The van der Waals surface area contributed by atoms with Crippen LogP contribution in [-0.2, 0) is 6.18 Å². The molecular weight excluding hydrogens is 382 g/mol. The van der Waals surface area contributed by atoms with Gasteiger partial charge in [-0.3, -0.25) is 9.88 Å². The number of aliphatic hydroxyl groups is 2. The standard InChI is InChI=1S/C10H18F3NO2.C5H4F3N3/c1-6(2)8-9(16)7(15)3-4-14(8)5-10(11,12)13;6-5(7,8)3-1-10-2-4(9)11-3/h6-9,15-16H,3-5H2,1-2H3;1-2H,(H2,9,11). The van der Waals surface area contributed by atoms with Gasteiger partial charge in [0.2, 0.25) is 0 Å². The SMILES string of the molecule is CC(C)C1C(O)C(O)CCN1CC(F)(F)F.Nc1cncc(C(F)(F)F)n1. The summed E-state index contributed by atoms with van der Waals surface area (Å²) < 4.78 is 72.4. The lowest BCUT2D eigenvalue weighted by Crippen LogP contribution is -2.58. The largest absolute Gasteiger partial charge is 0.434 e. The van der Waals surface area contributed by atoms with Crippen LogP contribution in [0.2, 0.25) is 0 Å². The predicted molar refractivity (Wildman–Crippen MR) is 84.3 cm³/mol. The first-order chi connectivity index (χ1) is 12.2. The van der Waals surface area contributed by atoms with Crippen molar-refractivity contribution in [3.8, 4) is 0 Å². The minimum Gasteiger partial charge on any atom is -0.390 e. The number of aliphatic hydroxyl groups excluding tert-OH is 2. The lowest BCUT2D eigenvalue weighted by Gasteiger charge is -2.43. The minimum atomic E-state index is -4.47. The molecule has 2 rings (SSSR count). The Morgan fingerprint density at radius 1 is 1.19 bits per heavy atom. The molecule has 1 aromatic rings. The van der Waals surface area contributed by atoms with E-state index in [1.54, 1.807) is 13.8 Å². The summed E-state index contributed by atoms with van der Waals surface area (Å²) in [5.74, 6) is -0.368. The van der Waals surface area contributed by atoms with Crippen LogP contribution in [0.5, 0.6) is 0 Å². The predicted octanol–water partition coefficient (Wildman–Crippen LogP) is 2.08. The third kappa shape index (κ3) is 7.46. The molecule has 2 heterocycles. The molecular formula is C15H22F6N4O2. The van der Waals surface area contributed by atoms with Crippen LogP contribution in [0.3, 0.4) is 0 Å². The molecule has 4 N–H and O–H groups in total. The topological polar surface area (TPSA) is 95.5 Å². The van der Waals surface area contributed by atoms with Crippen LogP contribution < -0.4 is 5.73 Å². The van der Waals surface area contributed by atoms with Crippen molar-refractivity contribution in [3.63, 3.8) is 0 Å². The van der Waals surface area contributed by atoms with Crippen molar-refractivity contribution in [1.82, 2.24) is 14.9 Å². The Morgan fingerprint density at radius 3 is 2.19 bits per heavy atom. The maximum Gasteiger partial charge on any atom is 0.434 e. The van der Waals surface area contributed by atoms with E-state index in [0.29, 0.717) is 6.20 Å². The van der Waals surface area contributed by atoms with E-state index in [1.807, 2.05) is 0 Å². The number of rotatable bonds is 2. The highest BCUT2D eigenvalue weighted by atomic mass is 19.4. The normalized spacial score (nSPS) is 24.5. The summed E-state index contributed by atoms with van der Waals surface area (Å²) in [7, 11) is 0. The molecule has 1 aliphatic heterocycles. The molecule has 1 aliphatic rings. The summed E-state index contributed by atoms with van der Waals surface area (Å²) in [5.41, 5.74) is 3.91. The first-order valence-corrected chi connectivity index (χ1v) is 8.04. The number of aromatic nitrogens is 2. The van der Waals surface area contributed by atoms with Crippen LogP contribution in [-0.4, -0.2) is 62.6 Å². The van der Waals surface area contributed by atoms with E-state index in [4.69, 9.17) is 5.73 Å². The molecule has 0 radical (unpaired) electrons. The molecule has 3 unspecified atom stereocenters. The van der Waals surface area contributed by atoms with Crippen molar-refractivity contribution < 1.29 is 36.6 Å². The van der Waals surface area contributed by atoms with Gasteiger partial charge in [-0.2, -0.15) is 26.3 Å². The van der Waals surface area contributed by atoms with Crippen molar-refractivity contribution in [1.29, 1.82) is 0 Å². The van der Waals surface area contributed by atoms with Gasteiger partial charge in [0.15, 0.2) is 5.69 Å². The number of nitrogens with zero attached hydrogens (tertiary/aromatic N) is 3. The van der Waals surface area contributed by atoms with Crippen molar-refractivity contribution in [2.75, 3.05) is 18.8 Å². The molecule has 27 heavy (non-hydrogen) atoms. The number of nitrogens with two attached hydrogens (primary N) is 1. The second-order valence-electron chi connectivity index (χ2n) is 6.49. The fourth-order valence-electron chi connectivity index (χ4n) is 2.81. The average Bonchev–Trinajstić information content (AvgIpc) is 2.49. The van der Waals surface area contributed by atoms with Crippen LogP contribution in [0, 0.1) is 5.92 Å². The third-order valence-electron chi connectivity index (χ3n) is 3.89. The summed E-state index contributed by atoms with van der Waals surface area (Å²) >= 11 is 0. The molecule has 0 amide bonds. The molecule has 1 saturated heterocycles. The van der Waals surface area contributed by atoms with Gasteiger partial charge >= 0.3 is 12.4 Å². The number of hydrogen-bond acceptors (Lipinski definition) is 6. The molecule has 1 fully saturated rings. The van der Waals surface area contributed by atoms with Crippen molar-refractivity contribution >= 4 is 5.82 Å². The zero-order valence-electron chi connectivity index (χ0n) is 14.7. The van der Waals surface area contributed by atoms with Crippen LogP contribution in [0.25, 0.3) is 0 Å². The second-order valence-corrected chi connectivity index (χ2v) is 6.49. The van der Waals surface area contributed by atoms with Crippen molar-refractivity contribution in [2.24, 2.45) is 5.92 Å². The van der Waals surface area contributed by atoms with Gasteiger partial charge in [-0.15, -0.1) is 0 Å². The molecule has 3 atom stereocenters. The maximum absolute atomic E-state index is 12.3. The van der Waals surface area contributed by atoms with E-state index >= 15 is 0 Å². The van der Waals surface area contributed by atoms with Gasteiger partial charge in [0, 0.05) is 12.6 Å². The number of piperidine rings is 1. The molecule has 6 nitrogen and oxygen atoms in total. The highest BCUT2D eigenvalue weighted by Gasteiger charge is 2.42. The molecule has 0 bridgehead atoms. The molecule has 156 valence electrons. The average molecular weight is 404 g/mol. The van der Waals surface area contributed by atoms with E-state index < -0.39 is 42.8 Å². The fraction of sp³-hybridized carbons (Fsp3) is 0.733. The summed E-state index contributed by atoms with van der Waals surface area (Å²) in [5, 5.41) is 19.2. The Bertz CT molecular complexity index is 596. The molecule has 0 aromatic carbocycles. The Kier molecular flexibility index (Phi) is 7.81. The van der Waals surface area contributed by atoms with Gasteiger partial charge in [0.1, 0.15) is 5.82 Å². The summed E-state index contributed by atoms with van der Waals surface area (Å²) in [6.45, 7) is 2.63. The van der Waals surface area contributed by atoms with Gasteiger partial charge < -0.3 is 15.9 Å². The van der Waals surface area contributed by atoms with Gasteiger partial charge in [0.25, 0.3) is 0 Å². The van der Waals surface area contributed by atoms with E-state index in [1.165, 1.54) is 4.90 Å². The highest BCUT2D eigenvalue weighted by Crippen LogP contribution is 2.28. The number of halogens is 6. The first-order valence-electron chi connectivity index (χ1n) is 8.04. The first kappa shape index (κ1) is 23.4. The Labute approximate surface area is 152 Å². The smallest absolute Gasteiger partial charge is 0.390 e. The molecule has 0 saturated carbocycles. The quantitative estimate of drug-likeness (QED) is 0.654. The zero-order chi connectivity index (χ0) is 21.0. The zero-order valence-corrected chi connectivity index (χ0v) is 14.7. The van der Waals surface area contributed by atoms with Crippen LogP contribution in [0.4, 0.5) is 32.2 Å². The van der Waals surface area contributed by atoms with Gasteiger partial charge in [-0.1, -0.05) is 13.8 Å². The van der Waals surface area contributed by atoms with Gasteiger partial charge in [0.05, 0.1) is 31.1 Å². The van der Waals surface area contributed by atoms with Gasteiger partial charge in [-0.25, -0.2) is 4.98 Å². The lowest BCUT2D eigenvalue weighted by molar-refractivity contribution is -0.174. The fourth-order valence-corrected chi connectivity index (χ4v) is 2.81. The molecule has 0 spiro atoms. The highest BCUT2D eigenvalue weighted by molar-refractivity contribution is 5.24. The van der Waals surface area contributed by atoms with E-state index in [2.05, 4.69) is 9.97 Å². The number of nitrogen functional groups attached to an aromatic ring is 1. The summed E-state index contributed by atoms with van der Waals surface area (Å²) in [6, 6.07) is -0.634. The lowest BCUT2D eigenvalue weighted by atomic mass is 9.88. The van der Waals surface area contributed by atoms with Crippen LogP contribution in [0.1, 0.15) is 26.0 Å². The van der Waals surface area contributed by atoms with Crippen LogP contribution in [0.15, 0.2) is 12.4 Å². The molecule has 1 aromatic heterocycles.